The van der Waals surface area contributed by atoms with Gasteiger partial charge < -0.3 is 14.6 Å². The molecule has 2 rings (SSSR count). The lowest BCUT2D eigenvalue weighted by molar-refractivity contribution is -0.133. The molecule has 0 radical (unpaired) electrons. The third kappa shape index (κ3) is 3.16. The maximum Gasteiger partial charge on any atom is 0.354 e. The average molecular weight is 320 g/mol. The number of rotatable bonds is 6. The van der Waals surface area contributed by atoms with Crippen molar-refractivity contribution in [1.29, 1.82) is 0 Å². The second-order valence-corrected chi connectivity index (χ2v) is 6.06. The number of likely N-dealkylation sites (N-methyl/N-ethyl adjacent to an activating group) is 1. The smallest absolute Gasteiger partial charge is 0.354 e. The zero-order valence-electron chi connectivity index (χ0n) is 14.4. The van der Waals surface area contributed by atoms with E-state index in [4.69, 9.17) is 4.74 Å². The minimum atomic E-state index is -0.549. The minimum Gasteiger partial charge on any atom is -0.464 e. The van der Waals surface area contributed by atoms with Gasteiger partial charge in [0.05, 0.1) is 13.2 Å². The van der Waals surface area contributed by atoms with Crippen LogP contribution in [0.4, 0.5) is 0 Å². The number of nitrogens with zero attached hydrogens (tertiary/aromatic N) is 1. The Hall–Kier alpha value is -2.11. The number of ether oxygens (including phenoxy) is 1. The third-order valence-corrected chi connectivity index (χ3v) is 4.47. The summed E-state index contributed by atoms with van der Waals surface area (Å²) in [5.74, 6) is -0.530. The van der Waals surface area contributed by atoms with Gasteiger partial charge >= 0.3 is 5.97 Å². The second-order valence-electron chi connectivity index (χ2n) is 6.06. The van der Waals surface area contributed by atoms with Gasteiger partial charge in [-0.15, -0.1) is 0 Å². The van der Waals surface area contributed by atoms with E-state index in [-0.39, 0.29) is 23.3 Å². The highest BCUT2D eigenvalue weighted by Gasteiger charge is 2.37. The van der Waals surface area contributed by atoms with E-state index in [1.807, 2.05) is 6.92 Å². The monoisotopic (exact) mass is 320 g/mol. The molecule has 6 nitrogen and oxygen atoms in total. The van der Waals surface area contributed by atoms with Crippen LogP contribution in [0.15, 0.2) is 0 Å². The molecule has 0 bridgehead atoms. The summed E-state index contributed by atoms with van der Waals surface area (Å²) in [6, 6.07) is -0.549. The molecule has 6 heteroatoms. The lowest BCUT2D eigenvalue weighted by atomic mass is 9.99. The molecule has 0 aromatic carbocycles. The molecule has 1 aromatic heterocycles. The maximum atomic E-state index is 12.9. The molecule has 1 amide bonds. The van der Waals surface area contributed by atoms with Crippen LogP contribution >= 0.6 is 0 Å². The number of hydrogen-bond donors (Lipinski definition) is 1. The fraction of sp³-hybridized carbons (Fsp3) is 0.588. The van der Waals surface area contributed by atoms with E-state index in [9.17, 15) is 14.4 Å². The molecule has 0 spiro atoms. The van der Waals surface area contributed by atoms with Crippen LogP contribution in [-0.4, -0.2) is 47.2 Å². The summed E-state index contributed by atoms with van der Waals surface area (Å²) in [7, 11) is 1.30. The van der Waals surface area contributed by atoms with Crippen LogP contribution in [-0.2, 0) is 9.53 Å². The molecule has 126 valence electrons. The van der Waals surface area contributed by atoms with Crippen molar-refractivity contribution in [3.63, 3.8) is 0 Å². The summed E-state index contributed by atoms with van der Waals surface area (Å²) in [4.78, 5) is 41.5. The van der Waals surface area contributed by atoms with Crippen LogP contribution in [0, 0.1) is 19.8 Å². The van der Waals surface area contributed by atoms with Crippen molar-refractivity contribution in [2.45, 2.75) is 46.6 Å². The molecular weight excluding hydrogens is 296 g/mol. The molecule has 1 atom stereocenters. The minimum absolute atomic E-state index is 0.0485. The summed E-state index contributed by atoms with van der Waals surface area (Å²) < 4.78 is 4.73. The quantitative estimate of drug-likeness (QED) is 0.644. The molecule has 1 aliphatic rings. The summed E-state index contributed by atoms with van der Waals surface area (Å²) in [6.45, 7) is 7.58. The Morgan fingerprint density at radius 1 is 1.30 bits per heavy atom. The number of H-pyrrole nitrogens is 1. The van der Waals surface area contributed by atoms with Crippen molar-refractivity contribution < 1.29 is 19.1 Å². The Morgan fingerprint density at radius 2 is 1.91 bits per heavy atom. The summed E-state index contributed by atoms with van der Waals surface area (Å²) >= 11 is 0. The molecule has 1 fully saturated rings. The topological polar surface area (TPSA) is 79.5 Å². The van der Waals surface area contributed by atoms with Crippen molar-refractivity contribution in [2.24, 2.45) is 5.92 Å². The number of ketones is 1. The molecule has 0 saturated heterocycles. The first kappa shape index (κ1) is 17.2. The van der Waals surface area contributed by atoms with Gasteiger partial charge in [0.2, 0.25) is 5.91 Å². The Bertz CT molecular complexity index is 643. The van der Waals surface area contributed by atoms with Crippen LogP contribution in [0.5, 0.6) is 0 Å². The maximum absolute atomic E-state index is 12.9. The van der Waals surface area contributed by atoms with Gasteiger partial charge in [-0.3, -0.25) is 9.59 Å². The fourth-order valence-corrected chi connectivity index (χ4v) is 2.96. The van der Waals surface area contributed by atoms with Crippen molar-refractivity contribution >= 4 is 17.7 Å². The fourth-order valence-electron chi connectivity index (χ4n) is 2.96. The zero-order valence-corrected chi connectivity index (χ0v) is 14.4. The Morgan fingerprint density at radius 3 is 2.39 bits per heavy atom. The van der Waals surface area contributed by atoms with Crippen molar-refractivity contribution in [2.75, 3.05) is 13.7 Å². The number of aromatic amines is 1. The van der Waals surface area contributed by atoms with Crippen LogP contribution in [0.25, 0.3) is 0 Å². The zero-order chi connectivity index (χ0) is 17.3. The van der Waals surface area contributed by atoms with E-state index in [1.165, 1.54) is 7.11 Å². The molecule has 0 aliphatic heterocycles. The second kappa shape index (κ2) is 6.56. The predicted molar refractivity (Wildman–Crippen MR) is 85.5 cm³/mol. The van der Waals surface area contributed by atoms with Gasteiger partial charge in [0.15, 0.2) is 5.78 Å². The van der Waals surface area contributed by atoms with E-state index in [2.05, 4.69) is 4.98 Å². The van der Waals surface area contributed by atoms with Gasteiger partial charge in [0.1, 0.15) is 5.69 Å². The van der Waals surface area contributed by atoms with Crippen LogP contribution in [0.2, 0.25) is 0 Å². The number of carbonyl (C=O) groups is 3. The first-order valence-corrected chi connectivity index (χ1v) is 7.95. The lowest BCUT2D eigenvalue weighted by Crippen LogP contribution is -2.44. The van der Waals surface area contributed by atoms with Crippen LogP contribution < -0.4 is 0 Å². The summed E-state index contributed by atoms with van der Waals surface area (Å²) in [6.07, 6.45) is 1.82. The van der Waals surface area contributed by atoms with E-state index in [0.29, 0.717) is 23.4 Å². The highest BCUT2D eigenvalue weighted by molar-refractivity contribution is 6.06. The predicted octanol–water partition coefficient (Wildman–Crippen LogP) is 2.25. The van der Waals surface area contributed by atoms with E-state index < -0.39 is 12.0 Å². The number of esters is 1. The number of Topliss-reactive ketones (excluding diaryl/α,β-unsaturated/α-hetero) is 1. The molecule has 1 aliphatic carbocycles. The van der Waals surface area contributed by atoms with Crippen molar-refractivity contribution in [1.82, 2.24) is 9.88 Å². The molecule has 1 heterocycles. The van der Waals surface area contributed by atoms with Crippen LogP contribution in [0.1, 0.15) is 58.8 Å². The third-order valence-electron chi connectivity index (χ3n) is 4.47. The summed E-state index contributed by atoms with van der Waals surface area (Å²) in [5.41, 5.74) is 1.95. The van der Waals surface area contributed by atoms with Crippen molar-refractivity contribution in [3.8, 4) is 0 Å². The molecule has 1 N–H and O–H groups in total. The normalized spacial score (nSPS) is 15.2. The SMILES string of the molecule is CCN(C(=O)C1CC1)[C@H](C)C(=O)c1c(C)[nH]c(C(=O)OC)c1C. The van der Waals surface area contributed by atoms with Gasteiger partial charge in [-0.2, -0.15) is 0 Å². The van der Waals surface area contributed by atoms with Crippen LogP contribution in [0.3, 0.4) is 0 Å². The van der Waals surface area contributed by atoms with Gasteiger partial charge in [-0.05, 0) is 46.1 Å². The molecule has 1 aromatic rings. The van der Waals surface area contributed by atoms with Gasteiger partial charge in [-0.25, -0.2) is 4.79 Å². The average Bonchev–Trinajstić information content (AvgIpc) is 3.32. The van der Waals surface area contributed by atoms with E-state index >= 15 is 0 Å². The first-order valence-electron chi connectivity index (χ1n) is 7.95. The number of nitrogens with one attached hydrogen (secondary N) is 1. The number of carbonyl (C=O) groups excluding carboxylic acids is 3. The van der Waals surface area contributed by atoms with Gasteiger partial charge in [0.25, 0.3) is 0 Å². The Kier molecular flexibility index (Phi) is 4.92. The Balaban J connectivity index is 2.30. The first-order chi connectivity index (χ1) is 10.8. The molecule has 23 heavy (non-hydrogen) atoms. The van der Waals surface area contributed by atoms with Gasteiger partial charge in [0, 0.05) is 23.7 Å². The standard InChI is InChI=1S/C17H24N2O4/c1-6-19(16(21)12-7-8-12)11(4)15(20)13-9(2)14(17(22)23-5)18-10(13)3/h11-12,18H,6-8H2,1-5H3/t11-/m1/s1. The summed E-state index contributed by atoms with van der Waals surface area (Å²) in [5, 5.41) is 0. The highest BCUT2D eigenvalue weighted by atomic mass is 16.5. The number of aromatic nitrogens is 1. The number of aryl methyl sites for hydroxylation is 1. The number of amides is 1. The number of hydrogen-bond acceptors (Lipinski definition) is 4. The molecule has 0 unspecified atom stereocenters. The lowest BCUT2D eigenvalue weighted by Gasteiger charge is -2.27. The highest BCUT2D eigenvalue weighted by Crippen LogP contribution is 2.32. The molecule has 1 saturated carbocycles. The Labute approximate surface area is 136 Å². The van der Waals surface area contributed by atoms with Gasteiger partial charge in [-0.1, -0.05) is 0 Å². The van der Waals surface area contributed by atoms with E-state index in [1.54, 1.807) is 25.7 Å². The number of methoxy groups -OCH3 is 1. The van der Waals surface area contributed by atoms with Crippen molar-refractivity contribution in [3.05, 3.63) is 22.5 Å². The van der Waals surface area contributed by atoms with E-state index in [0.717, 1.165) is 12.8 Å². The largest absolute Gasteiger partial charge is 0.464 e. The molecular formula is C17H24N2O4.